The lowest BCUT2D eigenvalue weighted by molar-refractivity contribution is 0.00752. The van der Waals surface area contributed by atoms with E-state index in [1.807, 2.05) is 20.2 Å². The van der Waals surface area contributed by atoms with E-state index in [1.165, 1.54) is 6.07 Å². The van der Waals surface area contributed by atoms with Crippen molar-refractivity contribution in [2.75, 3.05) is 60.5 Å². The largest absolute Gasteiger partial charge is 0.379 e. The summed E-state index contributed by atoms with van der Waals surface area (Å²) in [4.78, 5) is 8.94. The second kappa shape index (κ2) is 11.3. The maximum atomic E-state index is 13.6. The van der Waals surface area contributed by atoms with Crippen LogP contribution in [0.4, 0.5) is 4.39 Å². The summed E-state index contributed by atoms with van der Waals surface area (Å²) in [5.41, 5.74) is 0.946. The molecule has 0 saturated carbocycles. The van der Waals surface area contributed by atoms with Gasteiger partial charge in [0.05, 0.1) is 19.3 Å². The molecule has 28 heavy (non-hydrogen) atoms. The second-order valence-electron chi connectivity index (χ2n) is 7.83. The van der Waals surface area contributed by atoms with Crippen LogP contribution in [-0.2, 0) is 4.74 Å². The Hall–Kier alpha value is -1.70. The molecule has 1 aromatic rings. The zero-order chi connectivity index (χ0) is 20.5. The fraction of sp³-hybridized carbons (Fsp3) is 0.667. The molecule has 1 aliphatic heterocycles. The lowest BCUT2D eigenvalue weighted by atomic mass is 10.0. The van der Waals surface area contributed by atoms with Crippen molar-refractivity contribution >= 4 is 5.96 Å². The number of rotatable bonds is 8. The number of guanidine groups is 1. The van der Waals surface area contributed by atoms with Crippen LogP contribution in [0, 0.1) is 11.7 Å². The number of nitrogens with zero attached hydrogens (tertiary/aromatic N) is 3. The number of likely N-dealkylation sites (N-methyl/N-ethyl adjacent to an activating group) is 1. The molecule has 0 bridgehead atoms. The molecule has 1 aromatic carbocycles. The van der Waals surface area contributed by atoms with Gasteiger partial charge in [-0.05, 0) is 37.7 Å². The van der Waals surface area contributed by atoms with Gasteiger partial charge in [0.1, 0.15) is 5.82 Å². The summed E-state index contributed by atoms with van der Waals surface area (Å²) in [6.07, 6.45) is 0. The van der Waals surface area contributed by atoms with E-state index in [-0.39, 0.29) is 11.9 Å². The molecule has 2 rings (SSSR count). The number of halogens is 1. The maximum Gasteiger partial charge on any atom is 0.191 e. The Morgan fingerprint density at radius 3 is 2.46 bits per heavy atom. The first kappa shape index (κ1) is 22.6. The monoisotopic (exact) mass is 393 g/mol. The highest BCUT2D eigenvalue weighted by Gasteiger charge is 2.24. The maximum absolute atomic E-state index is 13.6. The van der Waals surface area contributed by atoms with Crippen LogP contribution in [0.2, 0.25) is 0 Å². The predicted octanol–water partition coefficient (Wildman–Crippen LogP) is 1.95. The summed E-state index contributed by atoms with van der Waals surface area (Å²) in [6, 6.07) is 7.25. The van der Waals surface area contributed by atoms with Gasteiger partial charge in [-0.25, -0.2) is 4.39 Å². The van der Waals surface area contributed by atoms with Crippen molar-refractivity contribution in [1.82, 2.24) is 20.4 Å². The van der Waals surface area contributed by atoms with Gasteiger partial charge in [0, 0.05) is 39.3 Å². The summed E-state index contributed by atoms with van der Waals surface area (Å²) in [7, 11) is 5.78. The minimum atomic E-state index is -0.211. The standard InChI is InChI=1S/C21H36FN5O/c1-16(2)19(27-9-11-28-12-10-27)14-24-21(23-3)25-15-20(26(4)5)17-7-6-8-18(22)13-17/h6-8,13,16,19-20H,9-12,14-15H2,1-5H3,(H2,23,24,25). The van der Waals surface area contributed by atoms with E-state index >= 15 is 0 Å². The number of ether oxygens (including phenoxy) is 1. The first-order valence-corrected chi connectivity index (χ1v) is 10.1. The molecule has 0 aromatic heterocycles. The molecule has 1 heterocycles. The fourth-order valence-corrected chi connectivity index (χ4v) is 3.62. The molecular formula is C21H36FN5O. The molecule has 0 aliphatic carbocycles. The Kier molecular flexibility index (Phi) is 9.15. The third kappa shape index (κ3) is 6.72. The Labute approximate surface area is 169 Å². The predicted molar refractivity (Wildman–Crippen MR) is 113 cm³/mol. The van der Waals surface area contributed by atoms with Crippen LogP contribution in [0.25, 0.3) is 0 Å². The quantitative estimate of drug-likeness (QED) is 0.522. The van der Waals surface area contributed by atoms with Crippen LogP contribution in [0.3, 0.4) is 0 Å². The molecule has 7 heteroatoms. The minimum Gasteiger partial charge on any atom is -0.379 e. The van der Waals surface area contributed by atoms with Crippen molar-refractivity contribution < 1.29 is 9.13 Å². The molecule has 6 nitrogen and oxygen atoms in total. The van der Waals surface area contributed by atoms with Crippen molar-refractivity contribution in [3.63, 3.8) is 0 Å². The molecular weight excluding hydrogens is 357 g/mol. The van der Waals surface area contributed by atoms with Gasteiger partial charge in [-0.2, -0.15) is 0 Å². The lowest BCUT2D eigenvalue weighted by Crippen LogP contribution is -2.53. The number of aliphatic imine (C=N–C) groups is 1. The summed E-state index contributed by atoms with van der Waals surface area (Å²) >= 11 is 0. The molecule has 0 radical (unpaired) electrons. The van der Waals surface area contributed by atoms with Crippen molar-refractivity contribution in [3.8, 4) is 0 Å². The first-order chi connectivity index (χ1) is 13.4. The number of morpholine rings is 1. The van der Waals surface area contributed by atoms with Gasteiger partial charge in [0.25, 0.3) is 0 Å². The van der Waals surface area contributed by atoms with Crippen molar-refractivity contribution in [2.24, 2.45) is 10.9 Å². The Bertz CT molecular complexity index is 617. The van der Waals surface area contributed by atoms with Crippen LogP contribution in [-0.4, -0.2) is 82.3 Å². The SMILES string of the molecule is CN=C(NCC(c1cccc(F)c1)N(C)C)NCC(C(C)C)N1CCOCC1. The molecule has 2 N–H and O–H groups in total. The van der Waals surface area contributed by atoms with E-state index in [4.69, 9.17) is 4.74 Å². The summed E-state index contributed by atoms with van der Waals surface area (Å²) < 4.78 is 19.1. The fourth-order valence-electron chi connectivity index (χ4n) is 3.62. The van der Waals surface area contributed by atoms with Crippen LogP contribution in [0.1, 0.15) is 25.5 Å². The molecule has 1 saturated heterocycles. The first-order valence-electron chi connectivity index (χ1n) is 10.1. The Morgan fingerprint density at radius 1 is 1.21 bits per heavy atom. The van der Waals surface area contributed by atoms with E-state index in [2.05, 4.69) is 39.3 Å². The number of hydrogen-bond donors (Lipinski definition) is 2. The van der Waals surface area contributed by atoms with E-state index in [0.717, 1.165) is 44.4 Å². The van der Waals surface area contributed by atoms with E-state index in [9.17, 15) is 4.39 Å². The number of benzene rings is 1. The van der Waals surface area contributed by atoms with Crippen molar-refractivity contribution in [3.05, 3.63) is 35.6 Å². The second-order valence-corrected chi connectivity index (χ2v) is 7.83. The van der Waals surface area contributed by atoms with E-state index < -0.39 is 0 Å². The molecule has 1 fully saturated rings. The smallest absolute Gasteiger partial charge is 0.191 e. The van der Waals surface area contributed by atoms with E-state index in [1.54, 1.807) is 19.2 Å². The lowest BCUT2D eigenvalue weighted by Gasteiger charge is -2.37. The molecule has 2 unspecified atom stereocenters. The molecule has 2 atom stereocenters. The van der Waals surface area contributed by atoms with Gasteiger partial charge in [-0.15, -0.1) is 0 Å². The number of nitrogens with one attached hydrogen (secondary N) is 2. The average molecular weight is 394 g/mol. The average Bonchev–Trinajstić information content (AvgIpc) is 2.67. The third-order valence-corrected chi connectivity index (χ3v) is 5.31. The van der Waals surface area contributed by atoms with Gasteiger partial charge in [0.15, 0.2) is 5.96 Å². The Morgan fingerprint density at radius 2 is 1.89 bits per heavy atom. The van der Waals surface area contributed by atoms with Crippen LogP contribution < -0.4 is 10.6 Å². The van der Waals surface area contributed by atoms with Crippen LogP contribution in [0.15, 0.2) is 29.3 Å². The van der Waals surface area contributed by atoms with Gasteiger partial charge >= 0.3 is 0 Å². The van der Waals surface area contributed by atoms with Crippen molar-refractivity contribution in [1.29, 1.82) is 0 Å². The third-order valence-electron chi connectivity index (χ3n) is 5.31. The molecule has 1 aliphatic rings. The molecule has 0 amide bonds. The van der Waals surface area contributed by atoms with Gasteiger partial charge in [-0.1, -0.05) is 26.0 Å². The van der Waals surface area contributed by atoms with E-state index in [0.29, 0.717) is 18.5 Å². The van der Waals surface area contributed by atoms with Gasteiger partial charge in [-0.3, -0.25) is 9.89 Å². The summed E-state index contributed by atoms with van der Waals surface area (Å²) in [6.45, 7) is 9.51. The normalized spacial score (nSPS) is 18.4. The molecule has 158 valence electrons. The zero-order valence-electron chi connectivity index (χ0n) is 17.9. The van der Waals surface area contributed by atoms with Gasteiger partial charge in [0.2, 0.25) is 0 Å². The van der Waals surface area contributed by atoms with Crippen LogP contribution in [0.5, 0.6) is 0 Å². The van der Waals surface area contributed by atoms with Crippen molar-refractivity contribution in [2.45, 2.75) is 25.9 Å². The topological polar surface area (TPSA) is 52.1 Å². The van der Waals surface area contributed by atoms with Crippen LogP contribution >= 0.6 is 0 Å². The highest BCUT2D eigenvalue weighted by atomic mass is 19.1. The highest BCUT2D eigenvalue weighted by molar-refractivity contribution is 5.79. The zero-order valence-corrected chi connectivity index (χ0v) is 17.9. The summed E-state index contributed by atoms with van der Waals surface area (Å²) in [5.74, 6) is 1.09. The highest BCUT2D eigenvalue weighted by Crippen LogP contribution is 2.18. The Balaban J connectivity index is 1.93. The number of hydrogen-bond acceptors (Lipinski definition) is 4. The molecule has 0 spiro atoms. The summed E-state index contributed by atoms with van der Waals surface area (Å²) in [5, 5.41) is 6.87. The van der Waals surface area contributed by atoms with Gasteiger partial charge < -0.3 is 20.3 Å². The minimum absolute atomic E-state index is 0.0504.